The molecule has 17 heteroatoms. The van der Waals surface area contributed by atoms with Crippen LogP contribution < -0.4 is 0 Å². The van der Waals surface area contributed by atoms with Gasteiger partial charge in [-0.25, -0.2) is 9.13 Å². The van der Waals surface area contributed by atoms with Crippen molar-refractivity contribution in [2.75, 3.05) is 26.4 Å². The Bertz CT molecular complexity index is 1470. The fourth-order valence-corrected chi connectivity index (χ4v) is 6.59. The summed E-state index contributed by atoms with van der Waals surface area (Å²) in [6, 6.07) is 0. The Hall–Kier alpha value is -2.78. The Balaban J connectivity index is 4.80. The molecule has 63 heavy (non-hydrogen) atoms. The maximum Gasteiger partial charge on any atom is 0.472 e. The average Bonchev–Trinajstić information content (AvgIpc) is 3.23. The van der Waals surface area contributed by atoms with Crippen molar-refractivity contribution < 1.29 is 71.8 Å². The van der Waals surface area contributed by atoms with E-state index in [0.29, 0.717) is 12.8 Å². The van der Waals surface area contributed by atoms with E-state index in [9.17, 15) is 38.9 Å². The summed E-state index contributed by atoms with van der Waals surface area (Å²) in [7, 11) is -9.78. The second-order valence-corrected chi connectivity index (χ2v) is 17.7. The molecule has 0 aliphatic heterocycles. The first-order chi connectivity index (χ1) is 30.2. The molecule has 0 aliphatic rings. The molecule has 0 aliphatic carbocycles. The van der Waals surface area contributed by atoms with Crippen molar-refractivity contribution in [3.63, 3.8) is 0 Å². The molecule has 362 valence electrons. The minimum atomic E-state index is -4.90. The molecule has 0 saturated carbocycles. The smallest absolute Gasteiger partial charge is 0.462 e. The molecule has 0 fully saturated rings. The number of aliphatic hydroxyl groups is 3. The molecule has 0 bridgehead atoms. The molecule has 0 saturated heterocycles. The van der Waals surface area contributed by atoms with Gasteiger partial charge < -0.3 is 39.5 Å². The minimum absolute atomic E-state index is 0.0485. The van der Waals surface area contributed by atoms with E-state index in [0.717, 1.165) is 57.8 Å². The number of carbonyl (C=O) groups excluding carboxylic acids is 2. The Morgan fingerprint density at radius 1 is 0.540 bits per heavy atom. The zero-order chi connectivity index (χ0) is 46.9. The predicted molar refractivity (Wildman–Crippen MR) is 246 cm³/mol. The highest BCUT2D eigenvalue weighted by Crippen LogP contribution is 2.43. The zero-order valence-corrected chi connectivity index (χ0v) is 39.4. The van der Waals surface area contributed by atoms with Gasteiger partial charge in [0.05, 0.1) is 32.0 Å². The third kappa shape index (κ3) is 44.2. The lowest BCUT2D eigenvalue weighted by molar-refractivity contribution is -0.161. The fraction of sp³-hybridized carbons (Fsp3) is 0.652. The van der Waals surface area contributed by atoms with E-state index in [1.54, 1.807) is 36.5 Å². The quantitative estimate of drug-likeness (QED) is 0.0110. The van der Waals surface area contributed by atoms with E-state index in [4.69, 9.17) is 23.8 Å². The first-order valence-electron chi connectivity index (χ1n) is 22.5. The number of ether oxygens (including phenoxy) is 2. The summed E-state index contributed by atoms with van der Waals surface area (Å²) in [6.45, 7) is 1.35. The number of phosphoric ester groups is 2. The number of hydrogen-bond donors (Lipinski definition) is 6. The molecule has 0 aromatic rings. The summed E-state index contributed by atoms with van der Waals surface area (Å²) in [4.78, 5) is 52.7. The van der Waals surface area contributed by atoms with Gasteiger partial charge in [-0.3, -0.25) is 23.2 Å². The van der Waals surface area contributed by atoms with Gasteiger partial charge in [-0.2, -0.15) is 0 Å². The molecule has 0 rings (SSSR count). The summed E-state index contributed by atoms with van der Waals surface area (Å²) in [5.74, 6) is -1.31. The van der Waals surface area contributed by atoms with E-state index in [1.165, 1.54) is 32.1 Å². The highest BCUT2D eigenvalue weighted by atomic mass is 31.2. The third-order valence-corrected chi connectivity index (χ3v) is 10.4. The van der Waals surface area contributed by atoms with Gasteiger partial charge in [0.1, 0.15) is 12.7 Å². The van der Waals surface area contributed by atoms with Gasteiger partial charge in [0.2, 0.25) is 0 Å². The van der Waals surface area contributed by atoms with E-state index in [-0.39, 0.29) is 25.7 Å². The lowest BCUT2D eigenvalue weighted by Gasteiger charge is -2.20. The van der Waals surface area contributed by atoms with Crippen LogP contribution in [-0.2, 0) is 41.8 Å². The summed E-state index contributed by atoms with van der Waals surface area (Å²) in [6.07, 6.45) is 39.1. The van der Waals surface area contributed by atoms with E-state index in [1.807, 2.05) is 6.08 Å². The molecule has 6 N–H and O–H groups in total. The maximum absolute atomic E-state index is 12.7. The van der Waals surface area contributed by atoms with Gasteiger partial charge in [0, 0.05) is 12.8 Å². The van der Waals surface area contributed by atoms with Crippen LogP contribution in [-0.4, -0.2) is 92.8 Å². The van der Waals surface area contributed by atoms with Crippen LogP contribution in [0.4, 0.5) is 0 Å². The largest absolute Gasteiger partial charge is 0.472 e. The molecule has 0 aromatic carbocycles. The molecule has 15 nitrogen and oxygen atoms in total. The first-order valence-corrected chi connectivity index (χ1v) is 25.5. The topological polar surface area (TPSA) is 236 Å². The number of aliphatic hydroxyl groups excluding tert-OH is 3. The second kappa shape index (κ2) is 40.7. The van der Waals surface area contributed by atoms with Crippen LogP contribution in [0.3, 0.4) is 0 Å². The summed E-state index contributed by atoms with van der Waals surface area (Å²) in [5.41, 5.74) is 0. The highest BCUT2D eigenvalue weighted by Gasteiger charge is 2.28. The van der Waals surface area contributed by atoms with Crippen molar-refractivity contribution in [1.29, 1.82) is 0 Å². The van der Waals surface area contributed by atoms with E-state index >= 15 is 0 Å². The van der Waals surface area contributed by atoms with Crippen molar-refractivity contribution >= 4 is 27.6 Å². The van der Waals surface area contributed by atoms with Gasteiger partial charge >= 0.3 is 27.6 Å². The second-order valence-electron chi connectivity index (χ2n) is 15.0. The molecule has 0 radical (unpaired) electrons. The van der Waals surface area contributed by atoms with Crippen molar-refractivity contribution in [2.24, 2.45) is 0 Å². The third-order valence-electron chi connectivity index (χ3n) is 8.94. The first kappa shape index (κ1) is 60.2. The standard InChI is InChI=1S/C46H78O15P2/c1-3-5-7-9-11-12-13-14-15-16-17-18-19-20-21-23-29-35-46(51)61-44(40-60-63(55,56)59-38-43(49)37-58-62(52,53)54)39-57-45(50)36-30-34-42(48)33-28-25-24-27-32-41(47)31-26-22-10-8-6-4-2/h11-12,14-15,17-18,22,24-28,32-33,41-44,47-49H,3-10,13,16,19-21,23,29-31,34-40H2,1-2H3,(H,55,56)(H2,52,53,54)/b12-11-,15-14-,18-17-,25-24+,26-22-,32-27+,33-28-/t41-,42-,43+,44-/m1/s1. The summed E-state index contributed by atoms with van der Waals surface area (Å²) in [5, 5.41) is 30.0. The molecular formula is C46H78O15P2. The lowest BCUT2D eigenvalue weighted by Crippen LogP contribution is -2.30. The number of phosphoric acid groups is 2. The van der Waals surface area contributed by atoms with Gasteiger partial charge in [0.15, 0.2) is 6.10 Å². The number of allylic oxidation sites excluding steroid dienone is 11. The predicted octanol–water partition coefficient (Wildman–Crippen LogP) is 9.50. The Morgan fingerprint density at radius 2 is 1.05 bits per heavy atom. The number of hydrogen-bond acceptors (Lipinski definition) is 12. The lowest BCUT2D eigenvalue weighted by atomic mass is 10.1. The maximum atomic E-state index is 12.7. The SMILES string of the molecule is CCCCC/C=C\C/C=C\C/C=C\CCCCCCC(=O)O[C@H](COC(=O)CCC[C@H](O)\C=C/C=C/C=C/[C@H](O)C/C=C\CCCCC)COP(=O)(O)OC[C@@H](O)COP(=O)(O)O. The van der Waals surface area contributed by atoms with Gasteiger partial charge in [-0.05, 0) is 77.0 Å². The van der Waals surface area contributed by atoms with Crippen LogP contribution in [0, 0.1) is 0 Å². The minimum Gasteiger partial charge on any atom is -0.462 e. The Kier molecular flexibility index (Phi) is 38.9. The average molecular weight is 933 g/mol. The van der Waals surface area contributed by atoms with Crippen LogP contribution in [0.15, 0.2) is 85.1 Å². The van der Waals surface area contributed by atoms with Crippen LogP contribution >= 0.6 is 15.6 Å². The highest BCUT2D eigenvalue weighted by molar-refractivity contribution is 7.47. The molecule has 0 heterocycles. The number of carbonyl (C=O) groups is 2. The summed E-state index contributed by atoms with van der Waals surface area (Å²) < 4.78 is 47.6. The van der Waals surface area contributed by atoms with Crippen LogP contribution in [0.1, 0.15) is 142 Å². The molecular weight excluding hydrogens is 854 g/mol. The van der Waals surface area contributed by atoms with E-state index in [2.05, 4.69) is 65.4 Å². The monoisotopic (exact) mass is 932 g/mol. The Morgan fingerprint density at radius 3 is 1.65 bits per heavy atom. The van der Waals surface area contributed by atoms with Crippen molar-refractivity contribution in [2.45, 2.75) is 167 Å². The van der Waals surface area contributed by atoms with Crippen LogP contribution in [0.5, 0.6) is 0 Å². The van der Waals surface area contributed by atoms with Gasteiger partial charge in [0.25, 0.3) is 0 Å². The molecule has 1 unspecified atom stereocenters. The van der Waals surface area contributed by atoms with Crippen molar-refractivity contribution in [3.8, 4) is 0 Å². The van der Waals surface area contributed by atoms with Gasteiger partial charge in [-0.1, -0.05) is 137 Å². The Labute approximate surface area is 376 Å². The normalized spacial score (nSPS) is 15.7. The number of unbranched alkanes of at least 4 members (excludes halogenated alkanes) is 10. The van der Waals surface area contributed by atoms with Crippen molar-refractivity contribution in [3.05, 3.63) is 85.1 Å². The van der Waals surface area contributed by atoms with Crippen LogP contribution in [0.2, 0.25) is 0 Å². The van der Waals surface area contributed by atoms with Gasteiger partial charge in [-0.15, -0.1) is 0 Å². The van der Waals surface area contributed by atoms with E-state index < -0.39 is 78.4 Å². The molecule has 0 spiro atoms. The zero-order valence-electron chi connectivity index (χ0n) is 37.6. The molecule has 0 aromatic heterocycles. The number of rotatable bonds is 41. The number of esters is 2. The summed E-state index contributed by atoms with van der Waals surface area (Å²) >= 11 is 0. The fourth-order valence-electron chi connectivity index (χ4n) is 5.43. The van der Waals surface area contributed by atoms with Crippen molar-refractivity contribution in [1.82, 2.24) is 0 Å². The van der Waals surface area contributed by atoms with Crippen LogP contribution in [0.25, 0.3) is 0 Å². The molecule has 0 amide bonds. The molecule has 5 atom stereocenters.